The van der Waals surface area contributed by atoms with Crippen molar-refractivity contribution >= 4 is 26.5 Å². The quantitative estimate of drug-likeness (QED) is 0.262. The molecule has 3 rings (SSSR count). The summed E-state index contributed by atoms with van der Waals surface area (Å²) in [6.45, 7) is 15.1. The lowest BCUT2D eigenvalue weighted by atomic mass is 10.0. The van der Waals surface area contributed by atoms with Gasteiger partial charge in [-0.15, -0.1) is 0 Å². The van der Waals surface area contributed by atoms with Gasteiger partial charge < -0.3 is 13.6 Å². The predicted molar refractivity (Wildman–Crippen MR) is 136 cm³/mol. The van der Waals surface area contributed by atoms with Crippen molar-refractivity contribution in [3.05, 3.63) is 78.1 Å². The lowest BCUT2D eigenvalue weighted by Gasteiger charge is -2.36. The van der Waals surface area contributed by atoms with Crippen LogP contribution in [0.5, 0.6) is 5.88 Å². The van der Waals surface area contributed by atoms with E-state index in [4.69, 9.17) is 13.6 Å². The molecule has 2 heterocycles. The Kier molecular flexibility index (Phi) is 7.74. The molecular formula is C26H33N3O4Si. The summed E-state index contributed by atoms with van der Waals surface area (Å²) in [4.78, 5) is 22.9. The van der Waals surface area contributed by atoms with Crippen LogP contribution >= 0.6 is 0 Å². The molecule has 0 aliphatic rings. The van der Waals surface area contributed by atoms with Gasteiger partial charge in [0, 0.05) is 12.3 Å². The molecule has 0 bridgehead atoms. The highest BCUT2D eigenvalue weighted by atomic mass is 28.4. The molecule has 0 aliphatic carbocycles. The van der Waals surface area contributed by atoms with Gasteiger partial charge in [0.05, 0.1) is 19.4 Å². The molecule has 0 saturated heterocycles. The minimum Gasteiger partial charge on any atom is -0.481 e. The third-order valence-electron chi connectivity index (χ3n) is 6.41. The van der Waals surface area contributed by atoms with E-state index in [1.54, 1.807) is 30.3 Å². The van der Waals surface area contributed by atoms with E-state index >= 15 is 0 Å². The van der Waals surface area contributed by atoms with E-state index in [0.29, 0.717) is 23.0 Å². The molecule has 7 nitrogen and oxygen atoms in total. The van der Waals surface area contributed by atoms with E-state index in [2.05, 4.69) is 50.4 Å². The van der Waals surface area contributed by atoms with Crippen LogP contribution in [0.3, 0.4) is 0 Å². The smallest absolute Gasteiger partial charge is 0.215 e. The molecule has 2 aromatic heterocycles. The number of amides is 1. The molecule has 1 atom stereocenters. The van der Waals surface area contributed by atoms with E-state index in [1.165, 1.54) is 6.39 Å². The van der Waals surface area contributed by atoms with E-state index in [9.17, 15) is 4.79 Å². The number of methoxy groups -OCH3 is 1. The number of rotatable bonds is 10. The van der Waals surface area contributed by atoms with Gasteiger partial charge in [-0.1, -0.05) is 51.6 Å². The zero-order chi connectivity index (χ0) is 24.9. The number of aromatic nitrogens is 2. The molecule has 3 aromatic rings. The third kappa shape index (κ3) is 5.29. The second kappa shape index (κ2) is 10.4. The number of hydrogen-bond acceptors (Lipinski definition) is 6. The van der Waals surface area contributed by atoms with Crippen molar-refractivity contribution in [3.8, 4) is 5.88 Å². The summed E-state index contributed by atoms with van der Waals surface area (Å²) in [5.74, 6) is 0.960. The number of carbonyl (C=O) groups is 1. The number of carbonyl (C=O) groups excluding carboxylic acids is 1. The Morgan fingerprint density at radius 3 is 2.59 bits per heavy atom. The number of oxazole rings is 1. The first-order valence-corrected chi connectivity index (χ1v) is 14.0. The highest BCUT2D eigenvalue weighted by Crippen LogP contribution is 2.39. The number of hydrogen-bond donors (Lipinski definition) is 0. The Bertz CT molecular complexity index is 1140. The second-order valence-corrected chi connectivity index (χ2v) is 14.3. The van der Waals surface area contributed by atoms with Gasteiger partial charge in [0.15, 0.2) is 20.5 Å². The second-order valence-electron chi connectivity index (χ2n) is 9.52. The van der Waals surface area contributed by atoms with Crippen molar-refractivity contribution in [1.82, 2.24) is 9.97 Å². The monoisotopic (exact) mass is 479 g/mol. The van der Waals surface area contributed by atoms with E-state index in [0.717, 1.165) is 17.5 Å². The standard InChI is InChI=1S/C26H33N3O4Si/c1-8-19-11-9-10-12-22(19)29(18-30)24(20-13-14-27-23(15-20)31-5)25-21(28-17-32-25)16-33-34(6,7)26(2,3)4/h8-15,17-18,24H,1,16H2,2-7H3. The first-order valence-electron chi connectivity index (χ1n) is 11.1. The summed E-state index contributed by atoms with van der Waals surface area (Å²) in [5.41, 5.74) is 2.93. The minimum absolute atomic E-state index is 0.0481. The largest absolute Gasteiger partial charge is 0.481 e. The molecule has 1 amide bonds. The Morgan fingerprint density at radius 2 is 1.94 bits per heavy atom. The summed E-state index contributed by atoms with van der Waals surface area (Å²) < 4.78 is 17.7. The average molecular weight is 480 g/mol. The lowest BCUT2D eigenvalue weighted by molar-refractivity contribution is -0.107. The molecule has 1 unspecified atom stereocenters. The molecule has 0 fully saturated rings. The van der Waals surface area contributed by atoms with E-state index < -0.39 is 14.4 Å². The summed E-state index contributed by atoms with van der Waals surface area (Å²) >= 11 is 0. The van der Waals surface area contributed by atoms with Gasteiger partial charge in [0.1, 0.15) is 11.7 Å². The summed E-state index contributed by atoms with van der Waals surface area (Å²) in [7, 11) is -0.481. The number of anilines is 1. The van der Waals surface area contributed by atoms with Gasteiger partial charge in [-0.3, -0.25) is 9.69 Å². The zero-order valence-corrected chi connectivity index (χ0v) is 21.7. The van der Waals surface area contributed by atoms with Crippen LogP contribution in [0.1, 0.15) is 49.4 Å². The average Bonchev–Trinajstić information content (AvgIpc) is 3.28. The van der Waals surface area contributed by atoms with Gasteiger partial charge in [-0.2, -0.15) is 0 Å². The van der Waals surface area contributed by atoms with Crippen molar-refractivity contribution in [2.75, 3.05) is 12.0 Å². The summed E-state index contributed by atoms with van der Waals surface area (Å²) in [6, 6.07) is 10.6. The van der Waals surface area contributed by atoms with Crippen molar-refractivity contribution in [2.24, 2.45) is 0 Å². The fraction of sp³-hybridized carbons (Fsp3) is 0.346. The van der Waals surface area contributed by atoms with E-state index in [1.807, 2.05) is 30.3 Å². The SMILES string of the molecule is C=Cc1ccccc1N(C=O)C(c1ccnc(OC)c1)c1ocnc1CO[Si](C)(C)C(C)(C)C. The summed E-state index contributed by atoms with van der Waals surface area (Å²) in [5, 5.41) is 0.0481. The number of ether oxygens (including phenoxy) is 1. The van der Waals surface area contributed by atoms with Crippen LogP contribution in [-0.2, 0) is 15.8 Å². The fourth-order valence-electron chi connectivity index (χ4n) is 3.37. The maximum absolute atomic E-state index is 12.6. The summed E-state index contributed by atoms with van der Waals surface area (Å²) in [6.07, 6.45) is 5.55. The lowest BCUT2D eigenvalue weighted by Crippen LogP contribution is -2.40. The normalized spacial score (nSPS) is 12.8. The molecule has 0 aliphatic heterocycles. The fourth-order valence-corrected chi connectivity index (χ4v) is 4.30. The molecule has 1 aromatic carbocycles. The Labute approximate surface area is 202 Å². The molecule has 0 radical (unpaired) electrons. The molecule has 8 heteroatoms. The van der Waals surface area contributed by atoms with E-state index in [-0.39, 0.29) is 11.6 Å². The minimum atomic E-state index is -2.03. The van der Waals surface area contributed by atoms with Crippen LogP contribution in [0.25, 0.3) is 6.08 Å². The molecule has 180 valence electrons. The van der Waals surface area contributed by atoms with Crippen molar-refractivity contribution in [2.45, 2.75) is 51.6 Å². The molecule has 34 heavy (non-hydrogen) atoms. The van der Waals surface area contributed by atoms with Crippen LogP contribution in [-0.4, -0.2) is 31.8 Å². The van der Waals surface area contributed by atoms with Gasteiger partial charge in [-0.25, -0.2) is 9.97 Å². The Balaban J connectivity index is 2.12. The molecular weight excluding hydrogens is 446 g/mol. The first-order chi connectivity index (χ1) is 16.1. The molecule has 0 saturated carbocycles. The van der Waals surface area contributed by atoms with Crippen LogP contribution in [0.15, 0.2) is 60.0 Å². The predicted octanol–water partition coefficient (Wildman–Crippen LogP) is 6.00. The van der Waals surface area contributed by atoms with Gasteiger partial charge in [0.2, 0.25) is 12.3 Å². The van der Waals surface area contributed by atoms with Crippen molar-refractivity contribution in [1.29, 1.82) is 0 Å². The highest BCUT2D eigenvalue weighted by Gasteiger charge is 2.38. The van der Waals surface area contributed by atoms with Gasteiger partial charge >= 0.3 is 0 Å². The third-order valence-corrected chi connectivity index (χ3v) is 10.9. The maximum atomic E-state index is 12.6. The number of nitrogens with zero attached hydrogens (tertiary/aromatic N) is 3. The maximum Gasteiger partial charge on any atom is 0.215 e. The number of benzene rings is 1. The van der Waals surface area contributed by atoms with Crippen LogP contribution in [0.2, 0.25) is 18.1 Å². The van der Waals surface area contributed by atoms with Crippen molar-refractivity contribution in [3.63, 3.8) is 0 Å². The molecule has 0 spiro atoms. The van der Waals surface area contributed by atoms with Gasteiger partial charge in [-0.05, 0) is 41.4 Å². The number of para-hydroxylation sites is 1. The van der Waals surface area contributed by atoms with Crippen molar-refractivity contribution < 1.29 is 18.4 Å². The number of pyridine rings is 1. The Morgan fingerprint density at radius 1 is 1.21 bits per heavy atom. The zero-order valence-electron chi connectivity index (χ0n) is 20.7. The Hall–Kier alpha value is -3.23. The molecule has 0 N–H and O–H groups in total. The van der Waals surface area contributed by atoms with Crippen LogP contribution in [0, 0.1) is 0 Å². The highest BCUT2D eigenvalue weighted by molar-refractivity contribution is 6.74. The van der Waals surface area contributed by atoms with Gasteiger partial charge in [0.25, 0.3) is 0 Å². The van der Waals surface area contributed by atoms with Crippen LogP contribution in [0.4, 0.5) is 5.69 Å². The van der Waals surface area contributed by atoms with Crippen LogP contribution < -0.4 is 9.64 Å². The topological polar surface area (TPSA) is 77.7 Å². The first kappa shape index (κ1) is 25.4.